The Morgan fingerprint density at radius 1 is 1.33 bits per heavy atom. The highest BCUT2D eigenvalue weighted by atomic mass is 79.9. The van der Waals surface area contributed by atoms with Crippen molar-refractivity contribution in [3.05, 3.63) is 51.8 Å². The molecule has 1 atom stereocenters. The van der Waals surface area contributed by atoms with E-state index < -0.39 is 0 Å². The zero-order valence-electron chi connectivity index (χ0n) is 10.6. The first-order valence-electron chi connectivity index (χ1n) is 6.10. The van der Waals surface area contributed by atoms with Gasteiger partial charge in [0.2, 0.25) is 0 Å². The molecule has 1 N–H and O–H groups in total. The van der Waals surface area contributed by atoms with Gasteiger partial charge in [-0.05, 0) is 31.0 Å². The molecule has 0 aliphatic heterocycles. The molecule has 2 aromatic rings. The van der Waals surface area contributed by atoms with Gasteiger partial charge in [-0.2, -0.15) is 0 Å². The minimum atomic E-state index is 0.337. The molecule has 1 unspecified atom stereocenters. The molecule has 4 heteroatoms. The summed E-state index contributed by atoms with van der Waals surface area (Å²) >= 11 is 3.45. The fourth-order valence-electron chi connectivity index (χ4n) is 1.92. The van der Waals surface area contributed by atoms with Crippen molar-refractivity contribution in [1.82, 2.24) is 10.5 Å². The van der Waals surface area contributed by atoms with Gasteiger partial charge in [-0.3, -0.25) is 0 Å². The number of halogens is 1. The zero-order valence-corrected chi connectivity index (χ0v) is 12.2. The minimum absolute atomic E-state index is 0.337. The average Bonchev–Trinajstić information content (AvgIpc) is 2.78. The van der Waals surface area contributed by atoms with Gasteiger partial charge in [0.05, 0.1) is 12.2 Å². The van der Waals surface area contributed by atoms with Crippen molar-refractivity contribution >= 4 is 15.9 Å². The van der Waals surface area contributed by atoms with E-state index in [2.05, 4.69) is 57.6 Å². The van der Waals surface area contributed by atoms with Crippen molar-refractivity contribution in [1.29, 1.82) is 0 Å². The lowest BCUT2D eigenvalue weighted by Gasteiger charge is -2.16. The Balaban J connectivity index is 1.99. The number of benzene rings is 1. The van der Waals surface area contributed by atoms with Gasteiger partial charge in [0.25, 0.3) is 0 Å². The summed E-state index contributed by atoms with van der Waals surface area (Å²) in [5.41, 5.74) is 2.21. The Morgan fingerprint density at radius 2 is 2.06 bits per heavy atom. The average molecular weight is 309 g/mol. The van der Waals surface area contributed by atoms with Crippen LogP contribution < -0.4 is 5.32 Å². The Morgan fingerprint density at radius 3 is 2.61 bits per heavy atom. The zero-order chi connectivity index (χ0) is 13.0. The first-order chi connectivity index (χ1) is 8.69. The number of aromatic nitrogens is 1. The summed E-state index contributed by atoms with van der Waals surface area (Å²) in [6, 6.07) is 10.7. The second-order valence-corrected chi connectivity index (χ2v) is 5.24. The summed E-state index contributed by atoms with van der Waals surface area (Å²) in [6.45, 7) is 4.81. The predicted molar refractivity (Wildman–Crippen MR) is 75.3 cm³/mol. The molecule has 0 saturated carbocycles. The maximum Gasteiger partial charge on any atom is 0.150 e. The lowest BCUT2D eigenvalue weighted by molar-refractivity contribution is 0.359. The number of nitrogens with zero attached hydrogens (tertiary/aromatic N) is 1. The number of hydrogen-bond acceptors (Lipinski definition) is 3. The number of aryl methyl sites for hydroxylation is 1. The second kappa shape index (κ2) is 6.16. The van der Waals surface area contributed by atoms with Gasteiger partial charge < -0.3 is 9.84 Å². The summed E-state index contributed by atoms with van der Waals surface area (Å²) in [4.78, 5) is 0. The standard InChI is InChI=1S/C14H17BrN2O/c1-3-14(11-4-6-12(15)7-5-11)16-9-13-8-10(2)17-18-13/h4-8,14,16H,3,9H2,1-2H3. The lowest BCUT2D eigenvalue weighted by Crippen LogP contribution is -2.19. The maximum atomic E-state index is 5.19. The van der Waals surface area contributed by atoms with E-state index in [9.17, 15) is 0 Å². The SMILES string of the molecule is CCC(NCc1cc(C)no1)c1ccc(Br)cc1. The van der Waals surface area contributed by atoms with Gasteiger partial charge in [-0.1, -0.05) is 40.1 Å². The van der Waals surface area contributed by atoms with Crippen LogP contribution in [0.15, 0.2) is 39.3 Å². The van der Waals surface area contributed by atoms with Crippen molar-refractivity contribution in [2.75, 3.05) is 0 Å². The van der Waals surface area contributed by atoms with Crippen LogP contribution >= 0.6 is 15.9 Å². The van der Waals surface area contributed by atoms with Crippen LogP contribution in [0.2, 0.25) is 0 Å². The van der Waals surface area contributed by atoms with E-state index in [-0.39, 0.29) is 0 Å². The van der Waals surface area contributed by atoms with E-state index in [0.29, 0.717) is 12.6 Å². The third-order valence-corrected chi connectivity index (χ3v) is 3.41. The van der Waals surface area contributed by atoms with E-state index in [1.807, 2.05) is 13.0 Å². The number of rotatable bonds is 5. The normalized spacial score (nSPS) is 12.6. The topological polar surface area (TPSA) is 38.1 Å². The molecule has 1 heterocycles. The molecule has 18 heavy (non-hydrogen) atoms. The second-order valence-electron chi connectivity index (χ2n) is 4.33. The van der Waals surface area contributed by atoms with Crippen LogP contribution in [0.25, 0.3) is 0 Å². The molecule has 0 bridgehead atoms. The van der Waals surface area contributed by atoms with E-state index in [1.165, 1.54) is 5.56 Å². The Kier molecular flexibility index (Phi) is 4.55. The fourth-order valence-corrected chi connectivity index (χ4v) is 2.18. The summed E-state index contributed by atoms with van der Waals surface area (Å²) in [5, 5.41) is 7.37. The van der Waals surface area contributed by atoms with Gasteiger partial charge in [-0.25, -0.2) is 0 Å². The third kappa shape index (κ3) is 3.43. The molecule has 2 rings (SSSR count). The van der Waals surface area contributed by atoms with Crippen LogP contribution in [-0.2, 0) is 6.54 Å². The quantitative estimate of drug-likeness (QED) is 0.907. The first kappa shape index (κ1) is 13.3. The Bertz CT molecular complexity index is 493. The lowest BCUT2D eigenvalue weighted by atomic mass is 10.0. The largest absolute Gasteiger partial charge is 0.360 e. The summed E-state index contributed by atoms with van der Waals surface area (Å²) in [5.74, 6) is 0.878. The van der Waals surface area contributed by atoms with Crippen molar-refractivity contribution in [3.63, 3.8) is 0 Å². The van der Waals surface area contributed by atoms with Gasteiger partial charge >= 0.3 is 0 Å². The third-order valence-electron chi connectivity index (χ3n) is 2.88. The molecule has 0 fully saturated rings. The molecule has 0 saturated heterocycles. The smallest absolute Gasteiger partial charge is 0.150 e. The minimum Gasteiger partial charge on any atom is -0.360 e. The molecular formula is C14H17BrN2O. The highest BCUT2D eigenvalue weighted by Crippen LogP contribution is 2.20. The van der Waals surface area contributed by atoms with Crippen molar-refractivity contribution in [2.24, 2.45) is 0 Å². The Hall–Kier alpha value is -1.13. The molecule has 1 aromatic carbocycles. The summed E-state index contributed by atoms with van der Waals surface area (Å²) < 4.78 is 6.30. The van der Waals surface area contributed by atoms with E-state index >= 15 is 0 Å². The van der Waals surface area contributed by atoms with Gasteiger partial charge in [-0.15, -0.1) is 0 Å². The molecule has 0 spiro atoms. The highest BCUT2D eigenvalue weighted by molar-refractivity contribution is 9.10. The van der Waals surface area contributed by atoms with Crippen LogP contribution in [-0.4, -0.2) is 5.16 Å². The fraction of sp³-hybridized carbons (Fsp3) is 0.357. The van der Waals surface area contributed by atoms with Gasteiger partial charge in [0, 0.05) is 16.6 Å². The molecule has 0 radical (unpaired) electrons. The van der Waals surface area contributed by atoms with Crippen molar-refractivity contribution in [3.8, 4) is 0 Å². The van der Waals surface area contributed by atoms with Gasteiger partial charge in [0.15, 0.2) is 5.76 Å². The van der Waals surface area contributed by atoms with Crippen LogP contribution in [0.3, 0.4) is 0 Å². The first-order valence-corrected chi connectivity index (χ1v) is 6.89. The summed E-state index contributed by atoms with van der Waals surface area (Å²) in [6.07, 6.45) is 1.04. The predicted octanol–water partition coefficient (Wildman–Crippen LogP) is 3.99. The molecule has 0 aliphatic rings. The Labute approximate surface area is 116 Å². The van der Waals surface area contributed by atoms with E-state index in [0.717, 1.165) is 22.3 Å². The molecule has 1 aromatic heterocycles. The van der Waals surface area contributed by atoms with Crippen molar-refractivity contribution < 1.29 is 4.52 Å². The number of hydrogen-bond donors (Lipinski definition) is 1. The van der Waals surface area contributed by atoms with Crippen LogP contribution in [0.4, 0.5) is 0 Å². The van der Waals surface area contributed by atoms with E-state index in [4.69, 9.17) is 4.52 Å². The highest BCUT2D eigenvalue weighted by Gasteiger charge is 2.09. The van der Waals surface area contributed by atoms with Crippen LogP contribution in [0.1, 0.15) is 36.4 Å². The van der Waals surface area contributed by atoms with Gasteiger partial charge in [0.1, 0.15) is 0 Å². The van der Waals surface area contributed by atoms with E-state index in [1.54, 1.807) is 0 Å². The molecular weight excluding hydrogens is 292 g/mol. The monoisotopic (exact) mass is 308 g/mol. The van der Waals surface area contributed by atoms with Crippen LogP contribution in [0.5, 0.6) is 0 Å². The maximum absolute atomic E-state index is 5.19. The molecule has 0 aliphatic carbocycles. The van der Waals surface area contributed by atoms with Crippen LogP contribution in [0, 0.1) is 6.92 Å². The van der Waals surface area contributed by atoms with Crippen molar-refractivity contribution in [2.45, 2.75) is 32.9 Å². The number of nitrogens with one attached hydrogen (secondary N) is 1. The molecule has 96 valence electrons. The summed E-state index contributed by atoms with van der Waals surface area (Å²) in [7, 11) is 0. The molecule has 0 amide bonds. The molecule has 3 nitrogen and oxygen atoms in total.